The third-order valence-electron chi connectivity index (χ3n) is 4.34. The third kappa shape index (κ3) is 1.96. The molecule has 118 valence electrons. The van der Waals surface area contributed by atoms with E-state index in [1.54, 1.807) is 0 Å². The molecular formula is C16H13FN2O4. The van der Waals surface area contributed by atoms with E-state index in [1.165, 1.54) is 12.1 Å². The molecule has 1 aromatic rings. The molecule has 23 heavy (non-hydrogen) atoms. The topological polar surface area (TPSA) is 75.7 Å². The molecule has 4 rings (SSSR count). The molecule has 0 aromatic heterocycles. The van der Waals surface area contributed by atoms with Gasteiger partial charge in [0.05, 0.1) is 5.69 Å². The van der Waals surface area contributed by atoms with Crippen LogP contribution in [0.3, 0.4) is 0 Å². The number of anilines is 2. The fraction of sp³-hybridized carbons (Fsp3) is 0.312. The van der Waals surface area contributed by atoms with Crippen molar-refractivity contribution in [2.45, 2.75) is 25.7 Å². The smallest absolute Gasteiger partial charge is 0.262 e. The minimum absolute atomic E-state index is 0.135. The number of imide groups is 1. The Morgan fingerprint density at radius 3 is 2.35 bits per heavy atom. The maximum Gasteiger partial charge on any atom is 0.262 e. The molecule has 2 aliphatic heterocycles. The SMILES string of the molecule is O=C1COc2ccc(N3C(=O)C4=C(CCCC4)C3=O)c(F)c2N1. The van der Waals surface area contributed by atoms with Crippen LogP contribution in [0.5, 0.6) is 5.75 Å². The van der Waals surface area contributed by atoms with Crippen molar-refractivity contribution in [2.24, 2.45) is 0 Å². The lowest BCUT2D eigenvalue weighted by molar-refractivity contribution is -0.121. The summed E-state index contributed by atoms with van der Waals surface area (Å²) in [6, 6.07) is 2.78. The normalized spacial score (nSPS) is 20.2. The van der Waals surface area contributed by atoms with Gasteiger partial charge in [-0.25, -0.2) is 9.29 Å². The van der Waals surface area contributed by atoms with Crippen LogP contribution in [-0.4, -0.2) is 24.3 Å². The molecule has 3 amide bonds. The highest BCUT2D eigenvalue weighted by Crippen LogP contribution is 2.41. The summed E-state index contributed by atoms with van der Waals surface area (Å²) >= 11 is 0. The number of nitrogens with one attached hydrogen (secondary N) is 1. The maximum absolute atomic E-state index is 14.7. The Morgan fingerprint density at radius 2 is 1.70 bits per heavy atom. The van der Waals surface area contributed by atoms with Crippen LogP contribution in [0.15, 0.2) is 23.3 Å². The number of halogens is 1. The van der Waals surface area contributed by atoms with E-state index in [1.807, 2.05) is 0 Å². The standard InChI is InChI=1S/C16H13FN2O4/c17-13-10(5-6-11-14(13)18-12(20)7-23-11)19-15(21)8-3-1-2-4-9(8)16(19)22/h5-6H,1-4,7H2,(H,18,20). The van der Waals surface area contributed by atoms with Crippen LogP contribution in [0.1, 0.15) is 25.7 Å². The first-order chi connectivity index (χ1) is 11.1. The second-order valence-electron chi connectivity index (χ2n) is 5.72. The highest BCUT2D eigenvalue weighted by atomic mass is 19.1. The van der Waals surface area contributed by atoms with E-state index < -0.39 is 23.5 Å². The fourth-order valence-corrected chi connectivity index (χ4v) is 3.23. The van der Waals surface area contributed by atoms with Crippen LogP contribution in [0, 0.1) is 5.82 Å². The fourth-order valence-electron chi connectivity index (χ4n) is 3.23. The van der Waals surface area contributed by atoms with Gasteiger partial charge in [-0.3, -0.25) is 14.4 Å². The van der Waals surface area contributed by atoms with Gasteiger partial charge in [0.2, 0.25) is 0 Å². The van der Waals surface area contributed by atoms with Crippen LogP contribution in [0.4, 0.5) is 15.8 Å². The molecule has 0 saturated carbocycles. The summed E-state index contributed by atoms with van der Waals surface area (Å²) in [7, 11) is 0. The molecular weight excluding hydrogens is 303 g/mol. The third-order valence-corrected chi connectivity index (χ3v) is 4.34. The summed E-state index contributed by atoms with van der Waals surface area (Å²) in [4.78, 5) is 37.2. The maximum atomic E-state index is 14.7. The molecule has 0 fully saturated rings. The Kier molecular flexibility index (Phi) is 2.97. The molecule has 6 nitrogen and oxygen atoms in total. The summed E-state index contributed by atoms with van der Waals surface area (Å²) in [5.74, 6) is -2.07. The second-order valence-corrected chi connectivity index (χ2v) is 5.72. The van der Waals surface area contributed by atoms with E-state index in [2.05, 4.69) is 5.32 Å². The summed E-state index contributed by atoms with van der Waals surface area (Å²) in [6.45, 7) is -0.191. The summed E-state index contributed by atoms with van der Waals surface area (Å²) < 4.78 is 19.9. The molecule has 2 heterocycles. The monoisotopic (exact) mass is 316 g/mol. The molecule has 0 bridgehead atoms. The minimum Gasteiger partial charge on any atom is -0.481 e. The number of ether oxygens (including phenoxy) is 1. The summed E-state index contributed by atoms with van der Waals surface area (Å²) in [6.07, 6.45) is 2.79. The molecule has 1 aromatic carbocycles. The number of hydrogen-bond donors (Lipinski definition) is 1. The van der Waals surface area contributed by atoms with Crippen LogP contribution >= 0.6 is 0 Å². The zero-order valence-electron chi connectivity index (χ0n) is 12.1. The zero-order chi connectivity index (χ0) is 16.1. The van der Waals surface area contributed by atoms with Gasteiger partial charge in [-0.1, -0.05) is 0 Å². The number of carbonyl (C=O) groups excluding carboxylic acids is 3. The van der Waals surface area contributed by atoms with Crippen molar-refractivity contribution in [1.29, 1.82) is 0 Å². The largest absolute Gasteiger partial charge is 0.481 e. The first-order valence-corrected chi connectivity index (χ1v) is 7.44. The van der Waals surface area contributed by atoms with Gasteiger partial charge in [0.15, 0.2) is 12.4 Å². The van der Waals surface area contributed by atoms with Crippen molar-refractivity contribution in [1.82, 2.24) is 0 Å². The van der Waals surface area contributed by atoms with Gasteiger partial charge in [-0.2, -0.15) is 0 Å². The first kappa shape index (κ1) is 13.9. The molecule has 1 aliphatic carbocycles. The average molecular weight is 316 g/mol. The minimum atomic E-state index is -0.836. The van der Waals surface area contributed by atoms with Crippen LogP contribution in [-0.2, 0) is 14.4 Å². The van der Waals surface area contributed by atoms with E-state index >= 15 is 0 Å². The number of nitrogens with zero attached hydrogens (tertiary/aromatic N) is 1. The molecule has 0 atom stereocenters. The number of rotatable bonds is 1. The predicted octanol–water partition coefficient (Wildman–Crippen LogP) is 1.90. The van der Waals surface area contributed by atoms with Crippen molar-refractivity contribution in [3.05, 3.63) is 29.1 Å². The van der Waals surface area contributed by atoms with Gasteiger partial charge in [-0.05, 0) is 37.8 Å². The first-order valence-electron chi connectivity index (χ1n) is 7.44. The Balaban J connectivity index is 1.78. The van der Waals surface area contributed by atoms with Gasteiger partial charge in [0.1, 0.15) is 11.4 Å². The van der Waals surface area contributed by atoms with Crippen molar-refractivity contribution in [3.8, 4) is 5.75 Å². The van der Waals surface area contributed by atoms with E-state index in [9.17, 15) is 18.8 Å². The number of carbonyl (C=O) groups is 3. The summed E-state index contributed by atoms with van der Waals surface area (Å²) in [5, 5.41) is 2.38. The predicted molar refractivity (Wildman–Crippen MR) is 78.5 cm³/mol. The number of amides is 3. The lowest BCUT2D eigenvalue weighted by Gasteiger charge is -2.22. The zero-order valence-corrected chi connectivity index (χ0v) is 12.1. The molecule has 3 aliphatic rings. The number of fused-ring (bicyclic) bond motifs is 1. The van der Waals surface area contributed by atoms with Gasteiger partial charge < -0.3 is 10.1 Å². The Bertz CT molecular complexity index is 772. The van der Waals surface area contributed by atoms with Gasteiger partial charge in [-0.15, -0.1) is 0 Å². The van der Waals surface area contributed by atoms with E-state index in [0.717, 1.165) is 17.7 Å². The van der Waals surface area contributed by atoms with E-state index in [0.29, 0.717) is 24.0 Å². The lowest BCUT2D eigenvalue weighted by atomic mass is 9.93. The van der Waals surface area contributed by atoms with Crippen molar-refractivity contribution in [3.63, 3.8) is 0 Å². The number of benzene rings is 1. The molecule has 7 heteroatoms. The molecule has 0 unspecified atom stereocenters. The Hall–Kier alpha value is -2.70. The van der Waals surface area contributed by atoms with Crippen LogP contribution < -0.4 is 15.0 Å². The molecule has 0 radical (unpaired) electrons. The summed E-state index contributed by atoms with van der Waals surface area (Å²) in [5.41, 5.74) is 0.681. The average Bonchev–Trinajstić information content (AvgIpc) is 2.81. The molecule has 1 N–H and O–H groups in total. The van der Waals surface area contributed by atoms with E-state index in [-0.39, 0.29) is 23.7 Å². The second kappa shape index (κ2) is 4.91. The van der Waals surface area contributed by atoms with Crippen molar-refractivity contribution in [2.75, 3.05) is 16.8 Å². The van der Waals surface area contributed by atoms with E-state index in [4.69, 9.17) is 4.74 Å². The lowest BCUT2D eigenvalue weighted by Crippen LogP contribution is -2.33. The quantitative estimate of drug-likeness (QED) is 0.803. The van der Waals surface area contributed by atoms with Gasteiger partial charge >= 0.3 is 0 Å². The highest BCUT2D eigenvalue weighted by molar-refractivity contribution is 6.33. The van der Waals surface area contributed by atoms with Gasteiger partial charge in [0.25, 0.3) is 17.7 Å². The number of hydrogen-bond acceptors (Lipinski definition) is 4. The van der Waals surface area contributed by atoms with Crippen LogP contribution in [0.2, 0.25) is 0 Å². The molecule has 0 saturated heterocycles. The van der Waals surface area contributed by atoms with Crippen molar-refractivity contribution >= 4 is 29.1 Å². The van der Waals surface area contributed by atoms with Crippen LogP contribution in [0.25, 0.3) is 0 Å². The highest BCUT2D eigenvalue weighted by Gasteiger charge is 2.41. The Morgan fingerprint density at radius 1 is 1.04 bits per heavy atom. The van der Waals surface area contributed by atoms with Gasteiger partial charge in [0, 0.05) is 11.1 Å². The molecule has 0 spiro atoms. The Labute approximate surface area is 130 Å². The van der Waals surface area contributed by atoms with Crippen molar-refractivity contribution < 1.29 is 23.5 Å².